The fourth-order valence-electron chi connectivity index (χ4n) is 3.21. The molecule has 1 fully saturated rings. The summed E-state index contributed by atoms with van der Waals surface area (Å²) in [5, 5.41) is 2.83. The minimum absolute atomic E-state index is 0. The van der Waals surface area contributed by atoms with Crippen LogP contribution in [-0.2, 0) is 9.59 Å². The first-order valence-corrected chi connectivity index (χ1v) is 8.94. The average molecular weight is 384 g/mol. The average Bonchev–Trinajstić information content (AvgIpc) is 2.66. The smallest absolute Gasteiger partial charge is 0.224 e. The highest BCUT2D eigenvalue weighted by molar-refractivity contribution is 5.85. The summed E-state index contributed by atoms with van der Waals surface area (Å²) in [6.45, 7) is 4.18. The Hall–Kier alpha value is -1.79. The third-order valence-electron chi connectivity index (χ3n) is 4.73. The Bertz CT molecular complexity index is 597. The molecule has 146 valence electrons. The van der Waals surface area contributed by atoms with Crippen molar-refractivity contribution in [2.24, 2.45) is 11.7 Å². The summed E-state index contributed by atoms with van der Waals surface area (Å²) >= 11 is 0. The molecule has 1 aliphatic rings. The van der Waals surface area contributed by atoms with Gasteiger partial charge in [0.15, 0.2) is 0 Å². The van der Waals surface area contributed by atoms with Crippen molar-refractivity contribution in [3.63, 3.8) is 0 Å². The summed E-state index contributed by atoms with van der Waals surface area (Å²) < 4.78 is 5.25. The van der Waals surface area contributed by atoms with E-state index in [4.69, 9.17) is 10.5 Å². The molecular weight excluding hydrogens is 354 g/mol. The highest BCUT2D eigenvalue weighted by Crippen LogP contribution is 2.25. The lowest BCUT2D eigenvalue weighted by molar-refractivity contribution is -0.136. The Morgan fingerprint density at radius 1 is 1.42 bits per heavy atom. The van der Waals surface area contributed by atoms with Crippen molar-refractivity contribution in [3.8, 4) is 5.75 Å². The van der Waals surface area contributed by atoms with Crippen molar-refractivity contribution < 1.29 is 14.3 Å². The Kier molecular flexibility index (Phi) is 9.44. The molecule has 1 heterocycles. The molecule has 3 N–H and O–H groups in total. The normalized spacial score (nSPS) is 17.8. The van der Waals surface area contributed by atoms with Gasteiger partial charge >= 0.3 is 0 Å². The molecule has 2 amide bonds. The fourth-order valence-corrected chi connectivity index (χ4v) is 3.21. The predicted octanol–water partition coefficient (Wildman–Crippen LogP) is 1.92. The van der Waals surface area contributed by atoms with E-state index in [0.717, 1.165) is 30.7 Å². The van der Waals surface area contributed by atoms with E-state index < -0.39 is 0 Å². The van der Waals surface area contributed by atoms with Crippen LogP contribution in [-0.4, -0.2) is 50.0 Å². The van der Waals surface area contributed by atoms with Gasteiger partial charge in [-0.1, -0.05) is 19.1 Å². The molecule has 2 atom stereocenters. The first kappa shape index (κ1) is 22.3. The lowest BCUT2D eigenvalue weighted by Gasteiger charge is -2.32. The maximum Gasteiger partial charge on any atom is 0.224 e. The summed E-state index contributed by atoms with van der Waals surface area (Å²) in [4.78, 5) is 26.6. The van der Waals surface area contributed by atoms with Crippen LogP contribution < -0.4 is 15.8 Å². The number of nitrogens with two attached hydrogens (primary N) is 1. The highest BCUT2D eigenvalue weighted by Gasteiger charge is 2.28. The van der Waals surface area contributed by atoms with Crippen LogP contribution in [0.25, 0.3) is 0 Å². The molecule has 1 aromatic carbocycles. The predicted molar refractivity (Wildman–Crippen MR) is 105 cm³/mol. The van der Waals surface area contributed by atoms with E-state index in [-0.39, 0.29) is 36.1 Å². The SMILES string of the molecule is COc1cccc(C(C)CC(=O)N2CCCC(C(=O)NCCN)C2)c1.Cl. The van der Waals surface area contributed by atoms with Gasteiger partial charge in [0.1, 0.15) is 5.75 Å². The number of ether oxygens (including phenoxy) is 1. The van der Waals surface area contributed by atoms with Gasteiger partial charge < -0.3 is 20.7 Å². The van der Waals surface area contributed by atoms with Crippen LogP contribution in [0.2, 0.25) is 0 Å². The summed E-state index contributed by atoms with van der Waals surface area (Å²) in [7, 11) is 1.64. The largest absolute Gasteiger partial charge is 0.497 e. The lowest BCUT2D eigenvalue weighted by atomic mass is 9.94. The maximum atomic E-state index is 12.7. The van der Waals surface area contributed by atoms with Gasteiger partial charge in [0, 0.05) is 32.6 Å². The van der Waals surface area contributed by atoms with Gasteiger partial charge in [-0.25, -0.2) is 0 Å². The number of methoxy groups -OCH3 is 1. The number of piperidine rings is 1. The Morgan fingerprint density at radius 2 is 2.19 bits per heavy atom. The monoisotopic (exact) mass is 383 g/mol. The molecule has 0 saturated carbocycles. The molecule has 0 radical (unpaired) electrons. The van der Waals surface area contributed by atoms with E-state index in [2.05, 4.69) is 5.32 Å². The molecule has 1 saturated heterocycles. The summed E-state index contributed by atoms with van der Waals surface area (Å²) in [6, 6.07) is 7.82. The number of carbonyl (C=O) groups excluding carboxylic acids is 2. The van der Waals surface area contributed by atoms with Crippen molar-refractivity contribution in [1.29, 1.82) is 0 Å². The minimum Gasteiger partial charge on any atom is -0.497 e. The number of hydrogen-bond acceptors (Lipinski definition) is 4. The molecule has 0 spiro atoms. The summed E-state index contributed by atoms with van der Waals surface area (Å²) in [5.74, 6) is 0.882. The lowest BCUT2D eigenvalue weighted by Crippen LogP contribution is -2.46. The minimum atomic E-state index is -0.128. The standard InChI is InChI=1S/C19H29N3O3.ClH/c1-14(15-5-3-7-17(12-15)25-2)11-18(23)22-10-4-6-16(13-22)19(24)21-9-8-20;/h3,5,7,12,14,16H,4,6,8-11,13,20H2,1-2H3,(H,21,24);1H. The Labute approximate surface area is 161 Å². The molecule has 0 bridgehead atoms. The second-order valence-electron chi connectivity index (χ2n) is 6.64. The molecule has 2 unspecified atom stereocenters. The van der Waals surface area contributed by atoms with Gasteiger partial charge in [0.05, 0.1) is 13.0 Å². The van der Waals surface area contributed by atoms with Gasteiger partial charge in [-0.15, -0.1) is 12.4 Å². The van der Waals surface area contributed by atoms with Gasteiger partial charge in [0.25, 0.3) is 0 Å². The van der Waals surface area contributed by atoms with Crippen molar-refractivity contribution in [2.45, 2.75) is 32.1 Å². The summed E-state index contributed by atoms with van der Waals surface area (Å²) in [5.41, 5.74) is 6.51. The van der Waals surface area contributed by atoms with Gasteiger partial charge in [-0.3, -0.25) is 9.59 Å². The van der Waals surface area contributed by atoms with Gasteiger partial charge in [-0.05, 0) is 36.5 Å². The first-order chi connectivity index (χ1) is 12.0. The number of likely N-dealkylation sites (tertiary alicyclic amines) is 1. The van der Waals surface area contributed by atoms with Crippen LogP contribution in [0, 0.1) is 5.92 Å². The molecule has 6 nitrogen and oxygen atoms in total. The van der Waals surface area contributed by atoms with Crippen LogP contribution in [0.15, 0.2) is 24.3 Å². The van der Waals surface area contributed by atoms with Crippen molar-refractivity contribution in [2.75, 3.05) is 33.3 Å². The van der Waals surface area contributed by atoms with E-state index in [1.165, 1.54) is 0 Å². The molecule has 2 rings (SSSR count). The van der Waals surface area contributed by atoms with Crippen molar-refractivity contribution in [3.05, 3.63) is 29.8 Å². The second-order valence-corrected chi connectivity index (χ2v) is 6.64. The highest BCUT2D eigenvalue weighted by atomic mass is 35.5. The number of rotatable bonds is 7. The van der Waals surface area contributed by atoms with Crippen LogP contribution in [0.1, 0.15) is 37.7 Å². The van der Waals surface area contributed by atoms with Crippen molar-refractivity contribution in [1.82, 2.24) is 10.2 Å². The zero-order chi connectivity index (χ0) is 18.2. The van der Waals surface area contributed by atoms with Gasteiger partial charge in [-0.2, -0.15) is 0 Å². The Balaban J connectivity index is 0.00000338. The van der Waals surface area contributed by atoms with E-state index in [0.29, 0.717) is 26.1 Å². The second kappa shape index (κ2) is 11.0. The van der Waals surface area contributed by atoms with Crippen LogP contribution >= 0.6 is 12.4 Å². The van der Waals surface area contributed by atoms with Gasteiger partial charge in [0.2, 0.25) is 11.8 Å². The van der Waals surface area contributed by atoms with E-state index >= 15 is 0 Å². The first-order valence-electron chi connectivity index (χ1n) is 8.94. The molecule has 7 heteroatoms. The quantitative estimate of drug-likeness (QED) is 0.753. The van der Waals surface area contributed by atoms with Crippen LogP contribution in [0.4, 0.5) is 0 Å². The van der Waals surface area contributed by atoms with E-state index in [1.807, 2.05) is 36.1 Å². The molecule has 0 aromatic heterocycles. The van der Waals surface area contributed by atoms with E-state index in [1.54, 1.807) is 7.11 Å². The number of nitrogens with one attached hydrogen (secondary N) is 1. The maximum absolute atomic E-state index is 12.7. The zero-order valence-corrected chi connectivity index (χ0v) is 16.4. The molecule has 0 aliphatic carbocycles. The molecular formula is C19H30ClN3O3. The number of halogens is 1. The molecule has 1 aliphatic heterocycles. The topological polar surface area (TPSA) is 84.7 Å². The number of hydrogen-bond donors (Lipinski definition) is 2. The van der Waals surface area contributed by atoms with Crippen LogP contribution in [0.5, 0.6) is 5.75 Å². The number of amides is 2. The fraction of sp³-hybridized carbons (Fsp3) is 0.579. The molecule has 26 heavy (non-hydrogen) atoms. The number of nitrogens with zero attached hydrogens (tertiary/aromatic N) is 1. The summed E-state index contributed by atoms with van der Waals surface area (Å²) in [6.07, 6.45) is 2.12. The number of carbonyl (C=O) groups is 2. The van der Waals surface area contributed by atoms with Crippen molar-refractivity contribution >= 4 is 24.2 Å². The van der Waals surface area contributed by atoms with Crippen LogP contribution in [0.3, 0.4) is 0 Å². The Morgan fingerprint density at radius 3 is 2.88 bits per heavy atom. The third-order valence-corrected chi connectivity index (χ3v) is 4.73. The third kappa shape index (κ3) is 6.18. The molecule has 1 aromatic rings. The zero-order valence-electron chi connectivity index (χ0n) is 15.6. The number of benzene rings is 1. The van der Waals surface area contributed by atoms with E-state index in [9.17, 15) is 9.59 Å².